The molecular formula is C19H31BN4O5. The molecule has 2 fully saturated rings. The number of morpholine rings is 1. The maximum Gasteiger partial charge on any atom is 0.488 e. The Morgan fingerprint density at radius 3 is 2.66 bits per heavy atom. The number of carbonyl (C=O) groups is 1. The zero-order valence-corrected chi connectivity index (χ0v) is 17.5. The molecule has 10 heteroatoms. The highest BCUT2D eigenvalue weighted by molar-refractivity contribution is 6.58. The second-order valence-corrected chi connectivity index (χ2v) is 8.53. The summed E-state index contributed by atoms with van der Waals surface area (Å²) >= 11 is 0. The maximum absolute atomic E-state index is 12.2. The lowest BCUT2D eigenvalue weighted by Gasteiger charge is -2.39. The highest BCUT2D eigenvalue weighted by Crippen LogP contribution is 2.16. The summed E-state index contributed by atoms with van der Waals surface area (Å²) in [5, 5.41) is 18.8. The Morgan fingerprint density at radius 2 is 2.00 bits per heavy atom. The molecular weight excluding hydrogens is 375 g/mol. The van der Waals surface area contributed by atoms with Crippen LogP contribution in [0.2, 0.25) is 0 Å². The van der Waals surface area contributed by atoms with Gasteiger partial charge in [-0.3, -0.25) is 4.90 Å². The van der Waals surface area contributed by atoms with Gasteiger partial charge in [0.05, 0.1) is 12.7 Å². The maximum atomic E-state index is 12.2. The van der Waals surface area contributed by atoms with Crippen LogP contribution < -0.4 is 10.4 Å². The lowest BCUT2D eigenvalue weighted by atomic mass is 9.81. The number of ether oxygens (including phenoxy) is 2. The van der Waals surface area contributed by atoms with E-state index in [0.29, 0.717) is 38.2 Å². The van der Waals surface area contributed by atoms with E-state index >= 15 is 0 Å². The Kier molecular flexibility index (Phi) is 6.99. The van der Waals surface area contributed by atoms with Crippen molar-refractivity contribution in [2.24, 2.45) is 0 Å². The average Bonchev–Trinajstić information content (AvgIpc) is 2.67. The van der Waals surface area contributed by atoms with Gasteiger partial charge in [-0.25, -0.2) is 9.78 Å². The van der Waals surface area contributed by atoms with E-state index in [1.54, 1.807) is 23.2 Å². The van der Waals surface area contributed by atoms with Gasteiger partial charge in [-0.2, -0.15) is 0 Å². The van der Waals surface area contributed by atoms with E-state index in [1.807, 2.05) is 20.8 Å². The van der Waals surface area contributed by atoms with Gasteiger partial charge in [0.15, 0.2) is 0 Å². The van der Waals surface area contributed by atoms with Crippen LogP contribution >= 0.6 is 0 Å². The number of hydrogen-bond donors (Lipinski definition) is 2. The van der Waals surface area contributed by atoms with Crippen LogP contribution in [0.1, 0.15) is 20.8 Å². The topological polar surface area (TPSA) is 98.6 Å². The van der Waals surface area contributed by atoms with Crippen molar-refractivity contribution in [3.8, 4) is 0 Å². The van der Waals surface area contributed by atoms with Crippen LogP contribution in [0.4, 0.5) is 10.6 Å². The number of anilines is 1. The molecule has 0 aromatic carbocycles. The van der Waals surface area contributed by atoms with E-state index in [2.05, 4.69) is 14.8 Å². The first kappa shape index (κ1) is 21.8. The van der Waals surface area contributed by atoms with E-state index < -0.39 is 12.7 Å². The zero-order chi connectivity index (χ0) is 21.0. The Morgan fingerprint density at radius 1 is 1.28 bits per heavy atom. The molecule has 9 nitrogen and oxygen atoms in total. The average molecular weight is 406 g/mol. The summed E-state index contributed by atoms with van der Waals surface area (Å²) in [5.41, 5.74) is -0.0540. The second-order valence-electron chi connectivity index (χ2n) is 8.53. The van der Waals surface area contributed by atoms with Gasteiger partial charge in [0.25, 0.3) is 0 Å². The van der Waals surface area contributed by atoms with Crippen molar-refractivity contribution < 1.29 is 24.3 Å². The molecule has 1 aromatic heterocycles. The Bertz CT molecular complexity index is 691. The highest BCUT2D eigenvalue weighted by Gasteiger charge is 2.29. The fourth-order valence-electron chi connectivity index (χ4n) is 3.53. The lowest BCUT2D eigenvalue weighted by molar-refractivity contribution is -0.00612. The molecule has 0 saturated carbocycles. The number of pyridine rings is 1. The number of nitrogens with zero attached hydrogens (tertiary/aromatic N) is 4. The molecule has 1 aromatic rings. The summed E-state index contributed by atoms with van der Waals surface area (Å²) in [5.74, 6) is 0.721. The van der Waals surface area contributed by atoms with Gasteiger partial charge in [0.1, 0.15) is 11.4 Å². The van der Waals surface area contributed by atoms with Gasteiger partial charge in [-0.15, -0.1) is 0 Å². The van der Waals surface area contributed by atoms with Crippen molar-refractivity contribution in [2.75, 3.05) is 57.3 Å². The van der Waals surface area contributed by atoms with Crippen molar-refractivity contribution in [3.05, 3.63) is 18.3 Å². The lowest BCUT2D eigenvalue weighted by Crippen LogP contribution is -2.54. The Balaban J connectivity index is 1.49. The smallest absolute Gasteiger partial charge is 0.444 e. The Hall–Kier alpha value is -1.88. The van der Waals surface area contributed by atoms with Crippen LogP contribution in [0.5, 0.6) is 0 Å². The van der Waals surface area contributed by atoms with Crippen LogP contribution in [-0.4, -0.2) is 102 Å². The number of aromatic nitrogens is 1. The fraction of sp³-hybridized carbons (Fsp3) is 0.684. The highest BCUT2D eigenvalue weighted by atomic mass is 16.6. The third-order valence-electron chi connectivity index (χ3n) is 5.02. The Labute approximate surface area is 172 Å². The summed E-state index contributed by atoms with van der Waals surface area (Å²) in [6.45, 7) is 11.2. The van der Waals surface area contributed by atoms with Crippen LogP contribution in [0.25, 0.3) is 0 Å². The first-order chi connectivity index (χ1) is 13.7. The van der Waals surface area contributed by atoms with E-state index in [9.17, 15) is 14.8 Å². The molecule has 1 amide bonds. The predicted molar refractivity (Wildman–Crippen MR) is 110 cm³/mol. The quantitative estimate of drug-likeness (QED) is 0.648. The minimum Gasteiger partial charge on any atom is -0.444 e. The van der Waals surface area contributed by atoms with Gasteiger partial charge in [-0.1, -0.05) is 0 Å². The monoisotopic (exact) mass is 406 g/mol. The number of hydrogen-bond acceptors (Lipinski definition) is 8. The third kappa shape index (κ3) is 6.30. The molecule has 2 saturated heterocycles. The van der Waals surface area contributed by atoms with E-state index in [-0.39, 0.29) is 12.2 Å². The molecule has 0 aliphatic carbocycles. The largest absolute Gasteiger partial charge is 0.488 e. The molecule has 2 aliphatic rings. The first-order valence-corrected chi connectivity index (χ1v) is 10.1. The molecule has 0 unspecified atom stereocenters. The van der Waals surface area contributed by atoms with Crippen molar-refractivity contribution in [3.63, 3.8) is 0 Å². The van der Waals surface area contributed by atoms with Gasteiger partial charge < -0.3 is 29.3 Å². The number of carbonyl (C=O) groups excluding carboxylic acids is 1. The van der Waals surface area contributed by atoms with Crippen molar-refractivity contribution >= 4 is 24.5 Å². The van der Waals surface area contributed by atoms with E-state index in [1.165, 1.54) is 0 Å². The zero-order valence-electron chi connectivity index (χ0n) is 17.5. The molecule has 0 bridgehead atoms. The fourth-order valence-corrected chi connectivity index (χ4v) is 3.53. The molecule has 2 aliphatic heterocycles. The molecule has 3 rings (SSSR count). The van der Waals surface area contributed by atoms with E-state index in [4.69, 9.17) is 9.47 Å². The van der Waals surface area contributed by atoms with Crippen LogP contribution in [0.15, 0.2) is 18.3 Å². The van der Waals surface area contributed by atoms with Crippen LogP contribution in [0, 0.1) is 0 Å². The molecule has 160 valence electrons. The van der Waals surface area contributed by atoms with Gasteiger partial charge in [0, 0.05) is 52.0 Å². The standard InChI is InChI=1S/C19H31BN4O5/c1-19(2,3)29-18(25)23-8-6-22(7-9-23)13-16-14-24(10-11-28-16)17-12-15(20(26)27)4-5-21-17/h4-5,12,16,26-27H,6-11,13-14H2,1-3H3/t16-/m0/s1. The summed E-state index contributed by atoms with van der Waals surface area (Å²) in [4.78, 5) is 22.7. The molecule has 0 spiro atoms. The van der Waals surface area contributed by atoms with Crippen molar-refractivity contribution in [2.45, 2.75) is 32.5 Å². The SMILES string of the molecule is CC(C)(C)OC(=O)N1CCN(C[C@H]2CN(c3cc(B(O)O)ccn3)CCO2)CC1. The second kappa shape index (κ2) is 9.29. The van der Waals surface area contributed by atoms with Gasteiger partial charge >= 0.3 is 13.2 Å². The summed E-state index contributed by atoms with van der Waals surface area (Å²) < 4.78 is 11.4. The third-order valence-corrected chi connectivity index (χ3v) is 5.02. The van der Waals surface area contributed by atoms with Gasteiger partial charge in [0.2, 0.25) is 0 Å². The summed E-state index contributed by atoms with van der Waals surface area (Å²) in [6, 6.07) is 3.29. The normalized spacial score (nSPS) is 21.2. The molecule has 29 heavy (non-hydrogen) atoms. The first-order valence-electron chi connectivity index (χ1n) is 10.1. The van der Waals surface area contributed by atoms with Gasteiger partial charge in [-0.05, 0) is 38.4 Å². The minimum absolute atomic E-state index is 0.0290. The van der Waals surface area contributed by atoms with Crippen molar-refractivity contribution in [1.82, 2.24) is 14.8 Å². The van der Waals surface area contributed by atoms with Crippen LogP contribution in [0.3, 0.4) is 0 Å². The number of piperazine rings is 1. The van der Waals surface area contributed by atoms with Crippen LogP contribution in [-0.2, 0) is 9.47 Å². The minimum atomic E-state index is -1.50. The van der Waals surface area contributed by atoms with Crippen molar-refractivity contribution in [1.29, 1.82) is 0 Å². The molecule has 3 heterocycles. The number of amides is 1. The molecule has 1 atom stereocenters. The summed E-state index contributed by atoms with van der Waals surface area (Å²) in [7, 11) is -1.50. The molecule has 0 radical (unpaired) electrons. The molecule has 2 N–H and O–H groups in total. The predicted octanol–water partition coefficient (Wildman–Crippen LogP) is -0.481. The summed E-state index contributed by atoms with van der Waals surface area (Å²) in [6.07, 6.45) is 1.36. The van der Waals surface area contributed by atoms with E-state index in [0.717, 1.165) is 25.5 Å². The number of rotatable bonds is 4.